The van der Waals surface area contributed by atoms with Gasteiger partial charge in [0.05, 0.1) is 0 Å². The first kappa shape index (κ1) is 8.33. The summed E-state index contributed by atoms with van der Waals surface area (Å²) < 4.78 is 13.0. The second-order valence-electron chi connectivity index (χ2n) is 2.64. The summed E-state index contributed by atoms with van der Waals surface area (Å²) in [5.41, 5.74) is -1.81. The van der Waals surface area contributed by atoms with Gasteiger partial charge in [-0.15, -0.1) is 11.3 Å². The highest BCUT2D eigenvalue weighted by molar-refractivity contribution is 7.11. The first-order chi connectivity index (χ1) is 5.02. The lowest BCUT2D eigenvalue weighted by molar-refractivity contribution is 0.0760. The van der Waals surface area contributed by atoms with Gasteiger partial charge >= 0.3 is 0 Å². The van der Waals surface area contributed by atoms with Crippen LogP contribution in [-0.2, 0) is 0 Å². The van der Waals surface area contributed by atoms with Gasteiger partial charge < -0.3 is 0 Å². The van der Waals surface area contributed by atoms with Gasteiger partial charge in [0.2, 0.25) is 5.78 Å². The Labute approximate surface area is 68.1 Å². The van der Waals surface area contributed by atoms with Crippen LogP contribution in [0, 0.1) is 0 Å². The molecule has 0 saturated carbocycles. The minimum absolute atomic E-state index is 0.234. The number of carbonyl (C=O) groups is 1. The number of hydrogen-bond donors (Lipinski definition) is 0. The molecule has 11 heavy (non-hydrogen) atoms. The van der Waals surface area contributed by atoms with Gasteiger partial charge in [-0.2, -0.15) is 0 Å². The van der Waals surface area contributed by atoms with E-state index in [0.29, 0.717) is 0 Å². The predicted molar refractivity (Wildman–Crippen MR) is 41.6 cm³/mol. The van der Waals surface area contributed by atoms with Gasteiger partial charge in [0.25, 0.3) is 0 Å². The van der Waals surface area contributed by atoms with Crippen molar-refractivity contribution in [1.82, 2.24) is 4.98 Å². The highest BCUT2D eigenvalue weighted by Crippen LogP contribution is 2.17. The summed E-state index contributed by atoms with van der Waals surface area (Å²) in [4.78, 5) is 14.8. The van der Waals surface area contributed by atoms with Crippen LogP contribution in [-0.4, -0.2) is 16.4 Å². The van der Waals surface area contributed by atoms with Crippen LogP contribution in [0.5, 0.6) is 0 Å². The van der Waals surface area contributed by atoms with Crippen molar-refractivity contribution < 1.29 is 9.18 Å². The largest absolute Gasteiger partial charge is 0.288 e. The number of halogens is 1. The average Bonchev–Trinajstić information content (AvgIpc) is 2.34. The number of alkyl halides is 1. The second kappa shape index (κ2) is 2.70. The fraction of sp³-hybridized carbons (Fsp3) is 0.429. The average molecular weight is 173 g/mol. The Bertz CT molecular complexity index is 250. The van der Waals surface area contributed by atoms with Crippen molar-refractivity contribution in [1.29, 1.82) is 0 Å². The highest BCUT2D eigenvalue weighted by Gasteiger charge is 2.29. The molecule has 0 spiro atoms. The van der Waals surface area contributed by atoms with E-state index in [-0.39, 0.29) is 5.01 Å². The van der Waals surface area contributed by atoms with Crippen LogP contribution in [0.1, 0.15) is 23.6 Å². The zero-order valence-corrected chi connectivity index (χ0v) is 7.11. The van der Waals surface area contributed by atoms with Gasteiger partial charge in [-0.25, -0.2) is 9.37 Å². The first-order valence-corrected chi connectivity index (χ1v) is 4.03. The molecule has 1 heterocycles. The van der Waals surface area contributed by atoms with Crippen LogP contribution in [0.2, 0.25) is 0 Å². The van der Waals surface area contributed by atoms with E-state index in [1.807, 2.05) is 0 Å². The van der Waals surface area contributed by atoms with Gasteiger partial charge in [0.1, 0.15) is 0 Å². The molecule has 0 unspecified atom stereocenters. The molecule has 0 saturated heterocycles. The highest BCUT2D eigenvalue weighted by atomic mass is 32.1. The third-order valence-electron chi connectivity index (χ3n) is 1.17. The summed E-state index contributed by atoms with van der Waals surface area (Å²) in [6, 6.07) is 0. The van der Waals surface area contributed by atoms with Crippen LogP contribution in [0.25, 0.3) is 0 Å². The Morgan fingerprint density at radius 3 is 2.73 bits per heavy atom. The van der Waals surface area contributed by atoms with Crippen LogP contribution >= 0.6 is 11.3 Å². The van der Waals surface area contributed by atoms with Crippen molar-refractivity contribution in [2.24, 2.45) is 0 Å². The lowest BCUT2D eigenvalue weighted by atomic mass is 10.1. The zero-order valence-electron chi connectivity index (χ0n) is 6.30. The molecule has 1 aromatic heterocycles. The predicted octanol–water partition coefficient (Wildman–Crippen LogP) is 2.07. The Hall–Kier alpha value is -0.770. The molecular weight excluding hydrogens is 165 g/mol. The molecule has 0 aliphatic carbocycles. The molecule has 0 fully saturated rings. The number of ketones is 1. The summed E-state index contributed by atoms with van der Waals surface area (Å²) in [5.74, 6) is -0.549. The molecule has 0 aliphatic rings. The molecule has 0 bridgehead atoms. The molecule has 4 heteroatoms. The van der Waals surface area contributed by atoms with Gasteiger partial charge in [-0.3, -0.25) is 4.79 Å². The van der Waals surface area contributed by atoms with E-state index >= 15 is 0 Å². The van der Waals surface area contributed by atoms with E-state index in [0.717, 1.165) is 11.3 Å². The maximum Gasteiger partial charge on any atom is 0.227 e. The standard InChI is InChI=1S/C7H8FNOS/c1-7(2,8)5(10)6-9-3-4-11-6/h3-4H,1-2H3. The molecular formula is C7H8FNOS. The van der Waals surface area contributed by atoms with Crippen LogP contribution in [0.4, 0.5) is 4.39 Å². The van der Waals surface area contributed by atoms with Crippen LogP contribution < -0.4 is 0 Å². The lowest BCUT2D eigenvalue weighted by Crippen LogP contribution is -2.25. The smallest absolute Gasteiger partial charge is 0.227 e. The quantitative estimate of drug-likeness (QED) is 0.641. The van der Waals surface area contributed by atoms with Crippen molar-refractivity contribution in [3.8, 4) is 0 Å². The third-order valence-corrected chi connectivity index (χ3v) is 1.94. The second-order valence-corrected chi connectivity index (χ2v) is 3.53. The molecule has 0 aromatic carbocycles. The number of carbonyl (C=O) groups excluding carboxylic acids is 1. The number of Topliss-reactive ketones (excluding diaryl/α,β-unsaturated/α-hetero) is 1. The fourth-order valence-corrected chi connectivity index (χ4v) is 1.31. The van der Waals surface area contributed by atoms with E-state index in [4.69, 9.17) is 0 Å². The van der Waals surface area contributed by atoms with Gasteiger partial charge in [0.15, 0.2) is 10.7 Å². The topological polar surface area (TPSA) is 30.0 Å². The normalized spacial score (nSPS) is 11.5. The molecule has 0 radical (unpaired) electrons. The Kier molecular flexibility index (Phi) is 2.04. The summed E-state index contributed by atoms with van der Waals surface area (Å²) >= 11 is 1.16. The van der Waals surface area contributed by atoms with Gasteiger partial charge in [-0.1, -0.05) is 0 Å². The zero-order chi connectivity index (χ0) is 8.48. The van der Waals surface area contributed by atoms with Crippen molar-refractivity contribution in [2.45, 2.75) is 19.5 Å². The first-order valence-electron chi connectivity index (χ1n) is 3.15. The van der Waals surface area contributed by atoms with E-state index in [1.165, 1.54) is 20.0 Å². The maximum absolute atomic E-state index is 13.0. The number of hydrogen-bond acceptors (Lipinski definition) is 3. The van der Waals surface area contributed by atoms with E-state index in [1.54, 1.807) is 5.38 Å². The summed E-state index contributed by atoms with van der Waals surface area (Å²) in [6.45, 7) is 2.47. The van der Waals surface area contributed by atoms with E-state index in [2.05, 4.69) is 4.98 Å². The molecule has 0 N–H and O–H groups in total. The van der Waals surface area contributed by atoms with Crippen molar-refractivity contribution in [3.63, 3.8) is 0 Å². The Morgan fingerprint density at radius 1 is 1.73 bits per heavy atom. The van der Waals surface area contributed by atoms with E-state index < -0.39 is 11.5 Å². The Morgan fingerprint density at radius 2 is 2.36 bits per heavy atom. The minimum Gasteiger partial charge on any atom is -0.288 e. The number of rotatable bonds is 2. The number of thiazole rings is 1. The van der Waals surface area contributed by atoms with Crippen molar-refractivity contribution >= 4 is 17.1 Å². The molecule has 0 aliphatic heterocycles. The molecule has 1 rings (SSSR count). The molecule has 0 amide bonds. The van der Waals surface area contributed by atoms with Crippen molar-refractivity contribution in [3.05, 3.63) is 16.6 Å². The molecule has 2 nitrogen and oxygen atoms in total. The Balaban J connectivity index is 2.88. The maximum atomic E-state index is 13.0. The summed E-state index contributed by atoms with van der Waals surface area (Å²) in [5, 5.41) is 1.89. The van der Waals surface area contributed by atoms with Crippen LogP contribution in [0.3, 0.4) is 0 Å². The SMILES string of the molecule is CC(C)(F)C(=O)c1nccs1. The molecule has 0 atom stereocenters. The summed E-state index contributed by atoms with van der Waals surface area (Å²) in [7, 11) is 0. The lowest BCUT2D eigenvalue weighted by Gasteiger charge is -2.08. The number of aromatic nitrogens is 1. The van der Waals surface area contributed by atoms with E-state index in [9.17, 15) is 9.18 Å². The minimum atomic E-state index is -1.81. The van der Waals surface area contributed by atoms with Crippen LogP contribution in [0.15, 0.2) is 11.6 Å². The molecule has 60 valence electrons. The fourth-order valence-electron chi connectivity index (χ4n) is 0.590. The van der Waals surface area contributed by atoms with Gasteiger partial charge in [-0.05, 0) is 13.8 Å². The number of nitrogens with zero attached hydrogens (tertiary/aromatic N) is 1. The third kappa shape index (κ3) is 1.83. The molecule has 1 aromatic rings. The van der Waals surface area contributed by atoms with Crippen molar-refractivity contribution in [2.75, 3.05) is 0 Å². The summed E-state index contributed by atoms with van der Waals surface area (Å²) in [6.07, 6.45) is 1.49. The van der Waals surface area contributed by atoms with Gasteiger partial charge in [0, 0.05) is 11.6 Å². The monoisotopic (exact) mass is 173 g/mol.